The molecule has 0 unspecified atom stereocenters. The Kier molecular flexibility index (Phi) is 44.1. The standard InChI is InChI=1S/C11H21O2.C8H16O3.C7H13O2.C4H8O3.2Y/c1-9(2)10(12)7-6-8-13-11(3,4)5;1-8(2,3)11-6-4-5-7(9)10;1-6(2)7(9)4-3-5-8;5-3-1-2-4(6)7;;/h6-8H2,1-5H3;4-6H2,1-3H3,(H,9,10);8H,3-5H2,1-2H3;5H,1-3H2,(H,6,7);;/q-1;;-1;;;. The van der Waals surface area contributed by atoms with E-state index >= 15 is 0 Å². The number of ketones is 2. The Labute approximate surface area is 305 Å². The summed E-state index contributed by atoms with van der Waals surface area (Å²) in [5, 5.41) is 32.6. The average molecular weight is 757 g/mol. The third-order valence-corrected chi connectivity index (χ3v) is 4.38. The number of rotatable bonds is 16. The second-order valence-corrected chi connectivity index (χ2v) is 11.4. The van der Waals surface area contributed by atoms with Gasteiger partial charge < -0.3 is 51.3 Å². The van der Waals surface area contributed by atoms with Crippen molar-refractivity contribution in [2.75, 3.05) is 26.4 Å². The van der Waals surface area contributed by atoms with Crippen LogP contribution in [0.1, 0.15) is 121 Å². The molecule has 4 N–H and O–H groups in total. The van der Waals surface area contributed by atoms with Gasteiger partial charge in [-0.15, -0.1) is 0 Å². The molecular weight excluding hydrogens is 698 g/mol. The molecule has 0 saturated carbocycles. The van der Waals surface area contributed by atoms with Crippen LogP contribution in [0.5, 0.6) is 0 Å². The molecule has 0 aromatic heterocycles. The van der Waals surface area contributed by atoms with E-state index in [2.05, 4.69) is 0 Å². The summed E-state index contributed by atoms with van der Waals surface area (Å²) in [6.45, 7) is 20.5. The number of ether oxygens (including phenoxy) is 2. The predicted octanol–water partition coefficient (Wildman–Crippen LogP) is 5.21. The molecule has 0 fully saturated rings. The van der Waals surface area contributed by atoms with Gasteiger partial charge in [0.05, 0.1) is 11.2 Å². The van der Waals surface area contributed by atoms with Crippen LogP contribution in [-0.2, 0) is 94.1 Å². The number of Topliss-reactive ketones (excluding diaryl/α,β-unsaturated/α-hetero) is 2. The SMILES string of the molecule is CC(C)(C)OCCCC(=O)O.C[C-](C)C(=O)CCCO.C[C-](C)C(=O)CCCOC(C)(C)C.O=C(O)CCCO.[Y].[Y]. The molecule has 0 aliphatic carbocycles. The fraction of sp³-hybridized carbons (Fsp3) is 0.800. The summed E-state index contributed by atoms with van der Waals surface area (Å²) < 4.78 is 10.8. The van der Waals surface area contributed by atoms with Crippen molar-refractivity contribution in [2.45, 2.75) is 132 Å². The molecule has 0 heterocycles. The van der Waals surface area contributed by atoms with Crippen LogP contribution in [0.15, 0.2) is 0 Å². The Morgan fingerprint density at radius 2 is 0.810 bits per heavy atom. The van der Waals surface area contributed by atoms with Crippen LogP contribution in [-0.4, -0.2) is 81.6 Å². The van der Waals surface area contributed by atoms with Crippen molar-refractivity contribution in [3.8, 4) is 0 Å². The Balaban J connectivity index is -0.000000104. The molecule has 42 heavy (non-hydrogen) atoms. The zero-order valence-electron chi connectivity index (χ0n) is 27.9. The van der Waals surface area contributed by atoms with E-state index in [4.69, 9.17) is 29.9 Å². The van der Waals surface area contributed by atoms with Gasteiger partial charge in [0, 0.05) is 116 Å². The first-order chi connectivity index (χ1) is 18.2. The van der Waals surface area contributed by atoms with Crippen molar-refractivity contribution in [1.82, 2.24) is 0 Å². The maximum absolute atomic E-state index is 11.2. The van der Waals surface area contributed by atoms with Gasteiger partial charge in [-0.1, -0.05) is 0 Å². The van der Waals surface area contributed by atoms with E-state index in [-0.39, 0.29) is 114 Å². The van der Waals surface area contributed by atoms with Gasteiger partial charge in [0.15, 0.2) is 0 Å². The molecule has 0 bridgehead atoms. The average Bonchev–Trinajstić information content (AvgIpc) is 2.81. The minimum absolute atomic E-state index is 0. The van der Waals surface area contributed by atoms with Crippen LogP contribution < -0.4 is 0 Å². The first-order valence-corrected chi connectivity index (χ1v) is 13.8. The number of carbonyl (C=O) groups excluding carboxylic acids is 2. The first kappa shape index (κ1) is 54.5. The van der Waals surface area contributed by atoms with Gasteiger partial charge in [-0.3, -0.25) is 9.59 Å². The van der Waals surface area contributed by atoms with E-state index in [0.717, 1.165) is 18.3 Å². The molecule has 0 atom stereocenters. The molecule has 0 saturated heterocycles. The van der Waals surface area contributed by atoms with Crippen molar-refractivity contribution in [2.24, 2.45) is 0 Å². The second-order valence-electron chi connectivity index (χ2n) is 11.4. The van der Waals surface area contributed by atoms with Gasteiger partial charge in [0.2, 0.25) is 0 Å². The number of aliphatic hydroxyl groups excluding tert-OH is 2. The van der Waals surface area contributed by atoms with Gasteiger partial charge >= 0.3 is 11.9 Å². The van der Waals surface area contributed by atoms with E-state index < -0.39 is 11.9 Å². The minimum Gasteiger partial charge on any atom is -0.481 e. The number of carbonyl (C=O) groups is 4. The molecule has 0 aromatic carbocycles. The zero-order chi connectivity index (χ0) is 32.4. The van der Waals surface area contributed by atoms with E-state index in [0.29, 0.717) is 45.3 Å². The molecule has 246 valence electrons. The molecule has 0 spiro atoms. The fourth-order valence-electron chi connectivity index (χ4n) is 2.18. The van der Waals surface area contributed by atoms with E-state index in [9.17, 15) is 19.2 Å². The zero-order valence-corrected chi connectivity index (χ0v) is 33.6. The van der Waals surface area contributed by atoms with Gasteiger partial charge in [-0.2, -0.15) is 27.7 Å². The summed E-state index contributed by atoms with van der Waals surface area (Å²) in [5.74, 6) is 0.498. The van der Waals surface area contributed by atoms with Crippen LogP contribution in [0.4, 0.5) is 0 Å². The number of carboxylic acid groups (broad SMARTS) is 2. The molecule has 2 radical (unpaired) electrons. The minimum atomic E-state index is -0.853. The third-order valence-electron chi connectivity index (χ3n) is 4.38. The number of carboxylic acids is 2. The number of aliphatic carboxylic acids is 2. The van der Waals surface area contributed by atoms with Gasteiger partial charge in [-0.05, 0) is 80.1 Å². The van der Waals surface area contributed by atoms with Gasteiger partial charge in [0.1, 0.15) is 0 Å². The van der Waals surface area contributed by atoms with E-state index in [1.165, 1.54) is 0 Å². The first-order valence-electron chi connectivity index (χ1n) is 13.8. The van der Waals surface area contributed by atoms with Gasteiger partial charge in [-0.25, -0.2) is 0 Å². The van der Waals surface area contributed by atoms with Crippen molar-refractivity contribution in [1.29, 1.82) is 0 Å². The van der Waals surface area contributed by atoms with Crippen LogP contribution in [0.25, 0.3) is 0 Å². The van der Waals surface area contributed by atoms with Crippen molar-refractivity contribution in [3.63, 3.8) is 0 Å². The Morgan fingerprint density at radius 3 is 1.05 bits per heavy atom. The van der Waals surface area contributed by atoms with Crippen LogP contribution >= 0.6 is 0 Å². The maximum Gasteiger partial charge on any atom is 0.303 e. The molecule has 10 nitrogen and oxygen atoms in total. The fourth-order valence-corrected chi connectivity index (χ4v) is 2.18. The van der Waals surface area contributed by atoms with Crippen molar-refractivity contribution < 1.29 is 114 Å². The van der Waals surface area contributed by atoms with Crippen molar-refractivity contribution in [3.05, 3.63) is 11.8 Å². The van der Waals surface area contributed by atoms with E-state index in [1.54, 1.807) is 13.8 Å². The molecule has 0 aliphatic heterocycles. The molecular formula is C30H58O10Y2-2. The summed E-state index contributed by atoms with van der Waals surface area (Å²) in [6.07, 6.45) is 3.71. The van der Waals surface area contributed by atoms with Crippen LogP contribution in [0.3, 0.4) is 0 Å². The largest absolute Gasteiger partial charge is 0.481 e. The summed E-state index contributed by atoms with van der Waals surface area (Å²) in [6, 6.07) is 0. The quantitative estimate of drug-likeness (QED) is 0.121. The molecule has 0 amide bonds. The third kappa shape index (κ3) is 59.5. The number of hydrogen-bond acceptors (Lipinski definition) is 8. The summed E-state index contributed by atoms with van der Waals surface area (Å²) >= 11 is 0. The smallest absolute Gasteiger partial charge is 0.303 e. The Hall–Kier alpha value is 0.0678. The Morgan fingerprint density at radius 1 is 0.548 bits per heavy atom. The normalized spacial score (nSPS) is 10.0. The van der Waals surface area contributed by atoms with E-state index in [1.807, 2.05) is 55.4 Å². The second kappa shape index (κ2) is 34.0. The van der Waals surface area contributed by atoms with Crippen LogP contribution in [0, 0.1) is 11.8 Å². The van der Waals surface area contributed by atoms with Crippen molar-refractivity contribution >= 4 is 23.5 Å². The Bertz CT molecular complexity index is 655. The summed E-state index contributed by atoms with van der Waals surface area (Å²) in [7, 11) is 0. The molecule has 0 rings (SSSR count). The molecule has 12 heteroatoms. The maximum atomic E-state index is 11.2. The number of hydrogen-bond donors (Lipinski definition) is 4. The number of aliphatic hydroxyl groups is 2. The molecule has 0 aromatic rings. The molecule has 0 aliphatic rings. The monoisotopic (exact) mass is 756 g/mol. The van der Waals surface area contributed by atoms with Gasteiger partial charge in [0.25, 0.3) is 0 Å². The predicted molar refractivity (Wildman–Crippen MR) is 157 cm³/mol. The topological polar surface area (TPSA) is 168 Å². The summed E-state index contributed by atoms with van der Waals surface area (Å²) in [4.78, 5) is 41.6. The van der Waals surface area contributed by atoms with Crippen LogP contribution in [0.2, 0.25) is 0 Å². The summed E-state index contributed by atoms with van der Waals surface area (Å²) in [5.41, 5.74) is -0.244.